The average molecular weight is 416 g/mol. The zero-order valence-electron chi connectivity index (χ0n) is 15.4. The van der Waals surface area contributed by atoms with Gasteiger partial charge in [0.1, 0.15) is 5.75 Å². The van der Waals surface area contributed by atoms with Crippen LogP contribution >= 0.6 is 11.6 Å². The molecule has 1 saturated heterocycles. The summed E-state index contributed by atoms with van der Waals surface area (Å²) >= 11 is 5.79. The van der Waals surface area contributed by atoms with E-state index >= 15 is 0 Å². The van der Waals surface area contributed by atoms with Crippen LogP contribution in [-0.2, 0) is 9.59 Å². The first-order valence-electron chi connectivity index (χ1n) is 9.36. The van der Waals surface area contributed by atoms with Gasteiger partial charge in [0.05, 0.1) is 6.54 Å². The number of hydrogen-bond donors (Lipinski definition) is 2. The molecule has 1 aromatic carbocycles. The van der Waals surface area contributed by atoms with Crippen molar-refractivity contribution in [2.75, 3.05) is 26.2 Å². The van der Waals surface area contributed by atoms with Crippen molar-refractivity contribution in [3.63, 3.8) is 0 Å². The van der Waals surface area contributed by atoms with Crippen LogP contribution < -0.4 is 15.4 Å². The second-order valence-electron chi connectivity index (χ2n) is 7.37. The molecular weight excluding hydrogens is 392 g/mol. The fourth-order valence-corrected chi connectivity index (χ4v) is 3.44. The summed E-state index contributed by atoms with van der Waals surface area (Å²) in [7, 11) is 0. The number of amides is 2. The van der Waals surface area contributed by atoms with Gasteiger partial charge in [-0.2, -0.15) is 0 Å². The number of benzene rings is 1. The molecule has 0 spiro atoms. The summed E-state index contributed by atoms with van der Waals surface area (Å²) in [5.74, 6) is -2.43. The second kappa shape index (κ2) is 9.05. The first kappa shape index (κ1) is 20.8. The molecule has 9 heteroatoms. The molecule has 2 aliphatic rings. The molecule has 154 valence electrons. The van der Waals surface area contributed by atoms with E-state index in [-0.39, 0.29) is 63.0 Å². The Balaban J connectivity index is 1.27. The van der Waals surface area contributed by atoms with Gasteiger partial charge in [-0.3, -0.25) is 14.5 Å². The molecule has 6 nitrogen and oxygen atoms in total. The van der Waals surface area contributed by atoms with Gasteiger partial charge < -0.3 is 15.4 Å². The zero-order valence-corrected chi connectivity index (χ0v) is 16.2. The summed E-state index contributed by atoms with van der Waals surface area (Å²) < 4.78 is 31.6. The smallest absolute Gasteiger partial charge is 0.258 e. The van der Waals surface area contributed by atoms with E-state index in [4.69, 9.17) is 16.3 Å². The Kier molecular flexibility index (Phi) is 6.72. The molecule has 2 fully saturated rings. The van der Waals surface area contributed by atoms with E-state index in [9.17, 15) is 18.4 Å². The molecule has 0 bridgehead atoms. The van der Waals surface area contributed by atoms with Crippen LogP contribution in [0.25, 0.3) is 0 Å². The minimum absolute atomic E-state index is 0.000274. The molecule has 1 heterocycles. The van der Waals surface area contributed by atoms with Crippen molar-refractivity contribution in [2.45, 2.75) is 43.7 Å². The van der Waals surface area contributed by atoms with E-state index in [0.717, 1.165) is 0 Å². The Hall–Kier alpha value is -1.93. The molecule has 3 rings (SSSR count). The normalized spacial score (nSPS) is 24.1. The van der Waals surface area contributed by atoms with Crippen molar-refractivity contribution in [3.8, 4) is 5.75 Å². The third-order valence-electron chi connectivity index (χ3n) is 5.01. The predicted octanol–water partition coefficient (Wildman–Crippen LogP) is 2.21. The first-order chi connectivity index (χ1) is 13.3. The van der Waals surface area contributed by atoms with Gasteiger partial charge in [-0.25, -0.2) is 8.78 Å². The van der Waals surface area contributed by atoms with E-state index in [1.54, 1.807) is 29.2 Å². The number of hydrogen-bond acceptors (Lipinski definition) is 4. The number of nitrogens with zero attached hydrogens (tertiary/aromatic N) is 1. The van der Waals surface area contributed by atoms with Crippen LogP contribution in [0, 0.1) is 0 Å². The largest absolute Gasteiger partial charge is 0.484 e. The van der Waals surface area contributed by atoms with Crippen molar-refractivity contribution < 1.29 is 23.1 Å². The van der Waals surface area contributed by atoms with Gasteiger partial charge >= 0.3 is 0 Å². The summed E-state index contributed by atoms with van der Waals surface area (Å²) in [6.07, 6.45) is 0.902. The van der Waals surface area contributed by atoms with Gasteiger partial charge in [-0.05, 0) is 37.1 Å². The van der Waals surface area contributed by atoms with E-state index < -0.39 is 5.92 Å². The summed E-state index contributed by atoms with van der Waals surface area (Å²) in [5.41, 5.74) is 0. The van der Waals surface area contributed by atoms with Crippen molar-refractivity contribution in [1.29, 1.82) is 0 Å². The van der Waals surface area contributed by atoms with Gasteiger partial charge in [0.15, 0.2) is 6.61 Å². The lowest BCUT2D eigenvalue weighted by Gasteiger charge is -2.37. The van der Waals surface area contributed by atoms with Crippen molar-refractivity contribution in [2.24, 2.45) is 0 Å². The van der Waals surface area contributed by atoms with Crippen LogP contribution in [0.1, 0.15) is 25.7 Å². The van der Waals surface area contributed by atoms with Crippen molar-refractivity contribution in [1.82, 2.24) is 15.5 Å². The maximum absolute atomic E-state index is 13.1. The maximum atomic E-state index is 13.1. The Morgan fingerprint density at radius 3 is 2.25 bits per heavy atom. The number of likely N-dealkylation sites (tertiary alicyclic amines) is 1. The Morgan fingerprint density at radius 1 is 1.07 bits per heavy atom. The predicted molar refractivity (Wildman–Crippen MR) is 101 cm³/mol. The molecule has 0 aromatic heterocycles. The number of piperidine rings is 1. The summed E-state index contributed by atoms with van der Waals surface area (Å²) in [4.78, 5) is 25.7. The highest BCUT2D eigenvalue weighted by atomic mass is 35.5. The molecule has 28 heavy (non-hydrogen) atoms. The van der Waals surface area contributed by atoms with Crippen LogP contribution in [0.5, 0.6) is 5.75 Å². The number of carbonyl (C=O) groups excluding carboxylic acids is 2. The summed E-state index contributed by atoms with van der Waals surface area (Å²) in [5, 5.41) is 6.34. The Morgan fingerprint density at radius 2 is 1.64 bits per heavy atom. The topological polar surface area (TPSA) is 70.7 Å². The van der Waals surface area contributed by atoms with Gasteiger partial charge in [0.2, 0.25) is 5.91 Å². The highest BCUT2D eigenvalue weighted by Crippen LogP contribution is 2.27. The van der Waals surface area contributed by atoms with Crippen LogP contribution in [-0.4, -0.2) is 61.0 Å². The lowest BCUT2D eigenvalue weighted by Crippen LogP contribution is -2.56. The van der Waals surface area contributed by atoms with E-state index in [2.05, 4.69) is 10.6 Å². The summed E-state index contributed by atoms with van der Waals surface area (Å²) in [6, 6.07) is 6.75. The van der Waals surface area contributed by atoms with Crippen molar-refractivity contribution >= 4 is 23.4 Å². The lowest BCUT2D eigenvalue weighted by molar-refractivity contribution is -0.126. The van der Waals surface area contributed by atoms with E-state index in [1.165, 1.54) is 0 Å². The molecule has 1 saturated carbocycles. The maximum Gasteiger partial charge on any atom is 0.258 e. The highest BCUT2D eigenvalue weighted by Gasteiger charge is 2.35. The molecule has 2 amide bonds. The molecule has 0 radical (unpaired) electrons. The first-order valence-corrected chi connectivity index (χ1v) is 9.74. The average Bonchev–Trinajstić information content (AvgIpc) is 2.61. The van der Waals surface area contributed by atoms with Crippen LogP contribution in [0.15, 0.2) is 24.3 Å². The molecule has 1 aromatic rings. The number of alkyl halides is 2. The zero-order chi connectivity index (χ0) is 20.1. The fourth-order valence-electron chi connectivity index (χ4n) is 3.32. The molecule has 2 N–H and O–H groups in total. The third-order valence-corrected chi connectivity index (χ3v) is 5.26. The van der Waals surface area contributed by atoms with Gasteiger partial charge in [0.25, 0.3) is 11.8 Å². The lowest BCUT2D eigenvalue weighted by atomic mass is 9.86. The Labute approximate surface area is 167 Å². The number of nitrogens with one attached hydrogen (secondary N) is 2. The van der Waals surface area contributed by atoms with Crippen LogP contribution in [0.4, 0.5) is 8.78 Å². The van der Waals surface area contributed by atoms with Crippen LogP contribution in [0.2, 0.25) is 5.02 Å². The van der Waals surface area contributed by atoms with E-state index in [1.807, 2.05) is 0 Å². The standard InChI is InChI=1S/C19H24ClF2N3O3/c20-13-1-3-16(4-2-13)28-12-18(27)24-15-9-14(10-15)23-17(26)11-25-7-5-19(21,22)6-8-25/h1-4,14-15H,5-12H2,(H,23,26)(H,24,27). The number of carbonyl (C=O) groups is 2. The number of rotatable bonds is 7. The molecule has 1 aliphatic carbocycles. The minimum Gasteiger partial charge on any atom is -0.484 e. The quantitative estimate of drug-likeness (QED) is 0.716. The van der Waals surface area contributed by atoms with Gasteiger partial charge in [-0.1, -0.05) is 11.6 Å². The van der Waals surface area contributed by atoms with Gasteiger partial charge in [-0.15, -0.1) is 0 Å². The SMILES string of the molecule is O=C(COc1ccc(Cl)cc1)NC1CC(NC(=O)CN2CCC(F)(F)CC2)C1. The molecule has 0 atom stereocenters. The summed E-state index contributed by atoms with van der Waals surface area (Å²) in [6.45, 7) is 0.516. The monoisotopic (exact) mass is 415 g/mol. The second-order valence-corrected chi connectivity index (χ2v) is 7.81. The minimum atomic E-state index is -2.61. The van der Waals surface area contributed by atoms with Crippen LogP contribution in [0.3, 0.4) is 0 Å². The Bertz CT molecular complexity index is 686. The highest BCUT2D eigenvalue weighted by molar-refractivity contribution is 6.30. The molecule has 0 unspecified atom stereocenters. The third kappa shape index (κ3) is 6.31. The molecular formula is C19H24ClF2N3O3. The van der Waals surface area contributed by atoms with Gasteiger partial charge in [0, 0.05) is 43.0 Å². The fraction of sp³-hybridized carbons (Fsp3) is 0.579. The molecule has 1 aliphatic heterocycles. The number of halogens is 3. The van der Waals surface area contributed by atoms with Crippen molar-refractivity contribution in [3.05, 3.63) is 29.3 Å². The van der Waals surface area contributed by atoms with E-state index in [0.29, 0.717) is 23.6 Å². The number of ether oxygens (including phenoxy) is 1.